The third-order valence-corrected chi connectivity index (χ3v) is 6.59. The summed E-state index contributed by atoms with van der Waals surface area (Å²) in [5, 5.41) is 1.00. The highest BCUT2D eigenvalue weighted by Crippen LogP contribution is 2.30. The van der Waals surface area contributed by atoms with Gasteiger partial charge in [-0.05, 0) is 43.7 Å². The zero-order valence-electron chi connectivity index (χ0n) is 18.0. The Morgan fingerprint density at radius 1 is 1.24 bits per heavy atom. The number of fused-ring (bicyclic) bond motifs is 2. The zero-order chi connectivity index (χ0) is 23.1. The second kappa shape index (κ2) is 8.29. The number of hydrogen-bond acceptors (Lipinski definition) is 5. The van der Waals surface area contributed by atoms with Gasteiger partial charge in [-0.15, -0.1) is 0 Å². The first kappa shape index (κ1) is 21.1. The van der Waals surface area contributed by atoms with Crippen LogP contribution in [0.5, 0.6) is 0 Å². The number of H-pyrrole nitrogens is 1. The SMILES string of the molecule is CCOC(=O)C1=C(C)N=c2s/c(=C\c3c[nH]c4ccccc34)c(=O)n2[C@H]1c1ccc(F)cc1. The van der Waals surface area contributed by atoms with E-state index in [-0.39, 0.29) is 17.7 Å². The molecule has 0 radical (unpaired) electrons. The van der Waals surface area contributed by atoms with Gasteiger partial charge < -0.3 is 9.72 Å². The van der Waals surface area contributed by atoms with Crippen LogP contribution in [0.15, 0.2) is 75.8 Å². The highest BCUT2D eigenvalue weighted by Gasteiger charge is 2.33. The van der Waals surface area contributed by atoms with Crippen molar-refractivity contribution < 1.29 is 13.9 Å². The Balaban J connectivity index is 1.74. The minimum atomic E-state index is -0.758. The van der Waals surface area contributed by atoms with Gasteiger partial charge in [-0.3, -0.25) is 9.36 Å². The Bertz CT molecular complexity index is 1590. The van der Waals surface area contributed by atoms with Crippen molar-refractivity contribution in [1.82, 2.24) is 9.55 Å². The summed E-state index contributed by atoms with van der Waals surface area (Å²) in [6, 6.07) is 12.9. The molecule has 1 aliphatic rings. The van der Waals surface area contributed by atoms with Crippen LogP contribution in [0.1, 0.15) is 31.0 Å². The lowest BCUT2D eigenvalue weighted by Gasteiger charge is -2.24. The molecule has 0 spiro atoms. The summed E-state index contributed by atoms with van der Waals surface area (Å²) >= 11 is 1.26. The molecule has 2 aromatic carbocycles. The predicted molar refractivity (Wildman–Crippen MR) is 125 cm³/mol. The standard InChI is InChI=1S/C25H20FN3O3S/c1-3-32-24(31)21-14(2)28-25-29(22(21)15-8-10-17(26)11-9-15)23(30)20(33-25)12-16-13-27-19-7-5-4-6-18(16)19/h4-13,22,27H,3H2,1-2H3/b20-12-/t22-/m0/s1. The third kappa shape index (κ3) is 3.62. The molecule has 0 saturated carbocycles. The first-order valence-electron chi connectivity index (χ1n) is 10.5. The number of nitrogens with one attached hydrogen (secondary N) is 1. The molecule has 0 bridgehead atoms. The lowest BCUT2D eigenvalue weighted by Crippen LogP contribution is -2.39. The summed E-state index contributed by atoms with van der Waals surface area (Å²) < 4.78 is 20.9. The van der Waals surface area contributed by atoms with Gasteiger partial charge in [0, 0.05) is 22.7 Å². The maximum atomic E-state index is 13.6. The van der Waals surface area contributed by atoms with E-state index in [1.165, 1.54) is 28.0 Å². The zero-order valence-corrected chi connectivity index (χ0v) is 18.8. The first-order chi connectivity index (χ1) is 16.0. The number of halogens is 1. The molecule has 5 rings (SSSR count). The van der Waals surface area contributed by atoms with Gasteiger partial charge in [0.15, 0.2) is 4.80 Å². The fraction of sp³-hybridized carbons (Fsp3) is 0.160. The van der Waals surface area contributed by atoms with Crippen LogP contribution in [0.25, 0.3) is 17.0 Å². The number of rotatable bonds is 4. The lowest BCUT2D eigenvalue weighted by atomic mass is 9.96. The van der Waals surface area contributed by atoms with Gasteiger partial charge >= 0.3 is 5.97 Å². The Labute approximate surface area is 192 Å². The number of aromatic nitrogens is 2. The Morgan fingerprint density at radius 2 is 2.00 bits per heavy atom. The van der Waals surface area contributed by atoms with Crippen molar-refractivity contribution in [3.8, 4) is 0 Å². The average molecular weight is 462 g/mol. The number of benzene rings is 2. The number of thiazole rings is 1. The fourth-order valence-electron chi connectivity index (χ4n) is 4.11. The van der Waals surface area contributed by atoms with E-state index >= 15 is 0 Å². The normalized spacial score (nSPS) is 16.1. The number of carbonyl (C=O) groups is 1. The van der Waals surface area contributed by atoms with E-state index in [0.29, 0.717) is 20.6 Å². The number of nitrogens with zero attached hydrogens (tertiary/aromatic N) is 2. The number of para-hydroxylation sites is 1. The van der Waals surface area contributed by atoms with Crippen molar-refractivity contribution in [2.24, 2.45) is 4.99 Å². The largest absolute Gasteiger partial charge is 0.463 e. The summed E-state index contributed by atoms with van der Waals surface area (Å²) in [5.41, 5.74) is 2.94. The molecule has 1 atom stereocenters. The van der Waals surface area contributed by atoms with Crippen LogP contribution in [-0.2, 0) is 9.53 Å². The predicted octanol–water partition coefficient (Wildman–Crippen LogP) is 3.42. The van der Waals surface area contributed by atoms with Crippen LogP contribution >= 0.6 is 11.3 Å². The quantitative estimate of drug-likeness (QED) is 0.473. The Hall–Kier alpha value is -3.78. The topological polar surface area (TPSA) is 76.4 Å². The highest BCUT2D eigenvalue weighted by molar-refractivity contribution is 7.07. The van der Waals surface area contributed by atoms with Crippen LogP contribution in [0, 0.1) is 5.82 Å². The van der Waals surface area contributed by atoms with Gasteiger partial charge in [0.1, 0.15) is 5.82 Å². The van der Waals surface area contributed by atoms with Crippen LogP contribution in [-0.4, -0.2) is 22.1 Å². The molecule has 6 nitrogen and oxygen atoms in total. The second-order valence-electron chi connectivity index (χ2n) is 7.64. The second-order valence-corrected chi connectivity index (χ2v) is 8.65. The number of esters is 1. The Kier molecular flexibility index (Phi) is 5.30. The summed E-state index contributed by atoms with van der Waals surface area (Å²) in [4.78, 5) is 34.7. The van der Waals surface area contributed by atoms with E-state index in [1.807, 2.05) is 36.5 Å². The summed E-state index contributed by atoms with van der Waals surface area (Å²) in [5.74, 6) is -0.942. The monoisotopic (exact) mass is 461 g/mol. The van der Waals surface area contributed by atoms with Crippen molar-refractivity contribution in [3.05, 3.63) is 103 Å². The van der Waals surface area contributed by atoms with E-state index in [0.717, 1.165) is 16.5 Å². The molecule has 0 fully saturated rings. The molecule has 3 heterocycles. The number of aromatic amines is 1. The molecule has 8 heteroatoms. The summed E-state index contributed by atoms with van der Waals surface area (Å²) in [6.45, 7) is 3.63. The van der Waals surface area contributed by atoms with E-state index in [9.17, 15) is 14.0 Å². The van der Waals surface area contributed by atoms with Crippen molar-refractivity contribution >= 4 is 34.3 Å². The smallest absolute Gasteiger partial charge is 0.338 e. The van der Waals surface area contributed by atoms with Crippen LogP contribution < -0.4 is 14.9 Å². The Morgan fingerprint density at radius 3 is 2.76 bits per heavy atom. The lowest BCUT2D eigenvalue weighted by molar-refractivity contribution is -0.139. The van der Waals surface area contributed by atoms with Crippen molar-refractivity contribution in [1.29, 1.82) is 0 Å². The van der Waals surface area contributed by atoms with Crippen molar-refractivity contribution in [2.45, 2.75) is 19.9 Å². The molecule has 1 aliphatic heterocycles. The average Bonchev–Trinajstić information content (AvgIpc) is 3.35. The van der Waals surface area contributed by atoms with Gasteiger partial charge in [-0.25, -0.2) is 14.2 Å². The molecular weight excluding hydrogens is 441 g/mol. The van der Waals surface area contributed by atoms with Gasteiger partial charge in [0.25, 0.3) is 5.56 Å². The molecule has 0 unspecified atom stereocenters. The molecule has 0 amide bonds. The van der Waals surface area contributed by atoms with Crippen molar-refractivity contribution in [2.75, 3.05) is 6.61 Å². The van der Waals surface area contributed by atoms with Crippen molar-refractivity contribution in [3.63, 3.8) is 0 Å². The van der Waals surface area contributed by atoms with Crippen LogP contribution in [0.3, 0.4) is 0 Å². The van der Waals surface area contributed by atoms with E-state index < -0.39 is 17.8 Å². The fourth-order valence-corrected chi connectivity index (χ4v) is 5.14. The van der Waals surface area contributed by atoms with E-state index in [2.05, 4.69) is 9.98 Å². The number of ether oxygens (including phenoxy) is 1. The van der Waals surface area contributed by atoms with Gasteiger partial charge in [0.2, 0.25) is 0 Å². The highest BCUT2D eigenvalue weighted by atomic mass is 32.1. The minimum absolute atomic E-state index is 0.191. The van der Waals surface area contributed by atoms with Gasteiger partial charge in [-0.1, -0.05) is 41.7 Å². The molecule has 0 aliphatic carbocycles. The number of hydrogen-bond donors (Lipinski definition) is 1. The number of allylic oxidation sites excluding steroid dienone is 1. The van der Waals surface area contributed by atoms with E-state index in [4.69, 9.17) is 4.74 Å². The molecule has 1 N–H and O–H groups in total. The molecule has 0 saturated heterocycles. The number of carbonyl (C=O) groups excluding carboxylic acids is 1. The summed E-state index contributed by atoms with van der Waals surface area (Å²) in [7, 11) is 0. The minimum Gasteiger partial charge on any atom is -0.463 e. The van der Waals surface area contributed by atoms with E-state index in [1.54, 1.807) is 26.0 Å². The maximum Gasteiger partial charge on any atom is 0.338 e. The first-order valence-corrected chi connectivity index (χ1v) is 11.3. The molecule has 2 aromatic heterocycles. The van der Waals surface area contributed by atoms with Gasteiger partial charge in [-0.2, -0.15) is 0 Å². The summed E-state index contributed by atoms with van der Waals surface area (Å²) in [6.07, 6.45) is 3.68. The molecule has 4 aromatic rings. The van der Waals surface area contributed by atoms with Crippen LogP contribution in [0.4, 0.5) is 4.39 Å². The van der Waals surface area contributed by atoms with Gasteiger partial charge in [0.05, 0.1) is 28.5 Å². The third-order valence-electron chi connectivity index (χ3n) is 5.61. The molecule has 33 heavy (non-hydrogen) atoms. The maximum absolute atomic E-state index is 13.6. The van der Waals surface area contributed by atoms with Crippen LogP contribution in [0.2, 0.25) is 0 Å². The molecular formula is C25H20FN3O3S. The molecule has 166 valence electrons.